The highest BCUT2D eigenvalue weighted by Crippen LogP contribution is 2.44. The second-order valence-electron chi connectivity index (χ2n) is 12.3. The maximum Gasteiger partial charge on any atom is 0.337 e. The van der Waals surface area contributed by atoms with Crippen molar-refractivity contribution in [1.29, 1.82) is 0 Å². The Morgan fingerprint density at radius 3 is 1.80 bits per heavy atom. The molecule has 4 aromatic carbocycles. The molecule has 1 N–H and O–H groups in total. The molecule has 254 valence electrons. The van der Waals surface area contributed by atoms with E-state index in [1.54, 1.807) is 4.68 Å². The third-order valence-corrected chi connectivity index (χ3v) is 8.63. The largest absolute Gasteiger partial charge is 0.494 e. The zero-order chi connectivity index (χ0) is 35.0. The van der Waals surface area contributed by atoms with E-state index in [0.29, 0.717) is 40.4 Å². The van der Waals surface area contributed by atoms with Crippen LogP contribution in [0.1, 0.15) is 55.4 Å². The minimum absolute atomic E-state index is 0.0775. The maximum absolute atomic E-state index is 14.2. The first-order valence-electron chi connectivity index (χ1n) is 16.8. The van der Waals surface area contributed by atoms with E-state index in [1.807, 2.05) is 136 Å². The number of esters is 2. The van der Waals surface area contributed by atoms with E-state index in [2.05, 4.69) is 12.2 Å². The maximum atomic E-state index is 14.2. The van der Waals surface area contributed by atoms with Crippen molar-refractivity contribution in [2.45, 2.75) is 53.2 Å². The lowest BCUT2D eigenvalue weighted by atomic mass is 9.79. The summed E-state index contributed by atoms with van der Waals surface area (Å²) < 4.78 is 19.6. The molecule has 1 aromatic heterocycles. The molecule has 8 heteroatoms. The summed E-state index contributed by atoms with van der Waals surface area (Å²) in [7, 11) is 0. The fourth-order valence-electron chi connectivity index (χ4n) is 6.18. The van der Waals surface area contributed by atoms with E-state index >= 15 is 0 Å². The van der Waals surface area contributed by atoms with Crippen molar-refractivity contribution in [3.63, 3.8) is 0 Å². The highest BCUT2D eigenvalue weighted by atomic mass is 16.5. The number of dihydropyridines is 1. The van der Waals surface area contributed by atoms with Crippen molar-refractivity contribution in [2.75, 3.05) is 6.61 Å². The Balaban J connectivity index is 1.49. The van der Waals surface area contributed by atoms with Crippen LogP contribution in [-0.2, 0) is 32.3 Å². The fraction of sp³-hybridized carbons (Fsp3) is 0.214. The van der Waals surface area contributed by atoms with Gasteiger partial charge in [-0.3, -0.25) is 0 Å². The molecule has 0 amide bonds. The number of rotatable bonds is 12. The van der Waals surface area contributed by atoms with E-state index in [0.717, 1.165) is 40.1 Å². The summed E-state index contributed by atoms with van der Waals surface area (Å²) in [5.74, 6) is -1.17. The molecule has 0 atom stereocenters. The normalized spacial score (nSPS) is 13.2. The molecule has 6 rings (SSSR count). The number of aromatic nitrogens is 2. The SMILES string of the molecule is CCCOc1ccc(-c2nn(-c3ccccc3)cc2C2C(C(=O)OCc3ccccc3)=C(C)NC(C)=C2C(=O)OCc2ccccc2)c(C)c1. The summed E-state index contributed by atoms with van der Waals surface area (Å²) in [6.45, 7) is 8.50. The summed E-state index contributed by atoms with van der Waals surface area (Å²) in [5, 5.41) is 8.40. The quantitative estimate of drug-likeness (QED) is 0.134. The average molecular weight is 668 g/mol. The van der Waals surface area contributed by atoms with Gasteiger partial charge in [0.05, 0.1) is 35.1 Å². The highest BCUT2D eigenvalue weighted by Gasteiger charge is 2.40. The van der Waals surface area contributed by atoms with Crippen molar-refractivity contribution in [1.82, 2.24) is 15.1 Å². The zero-order valence-corrected chi connectivity index (χ0v) is 28.8. The highest BCUT2D eigenvalue weighted by molar-refractivity contribution is 6.00. The molecule has 0 aliphatic carbocycles. The Kier molecular flexibility index (Phi) is 10.6. The number of hydrogen-bond acceptors (Lipinski definition) is 7. The molecule has 50 heavy (non-hydrogen) atoms. The molecule has 0 spiro atoms. The van der Waals surface area contributed by atoms with Crippen LogP contribution in [0.5, 0.6) is 5.75 Å². The zero-order valence-electron chi connectivity index (χ0n) is 28.8. The first kappa shape index (κ1) is 34.0. The third-order valence-electron chi connectivity index (χ3n) is 8.63. The van der Waals surface area contributed by atoms with Gasteiger partial charge in [-0.25, -0.2) is 14.3 Å². The molecule has 1 aliphatic rings. The van der Waals surface area contributed by atoms with Crippen LogP contribution in [-0.4, -0.2) is 28.3 Å². The molecule has 0 unspecified atom stereocenters. The van der Waals surface area contributed by atoms with E-state index < -0.39 is 17.9 Å². The van der Waals surface area contributed by atoms with E-state index in [9.17, 15) is 9.59 Å². The number of ether oxygens (including phenoxy) is 3. The molecule has 1 aliphatic heterocycles. The van der Waals surface area contributed by atoms with Gasteiger partial charge in [-0.15, -0.1) is 0 Å². The monoisotopic (exact) mass is 667 g/mol. The number of carbonyl (C=O) groups excluding carboxylic acids is 2. The van der Waals surface area contributed by atoms with E-state index in [1.165, 1.54) is 0 Å². The second kappa shape index (κ2) is 15.6. The average Bonchev–Trinajstić information content (AvgIpc) is 3.58. The number of nitrogens with zero attached hydrogens (tertiary/aromatic N) is 2. The van der Waals surface area contributed by atoms with Crippen molar-refractivity contribution in [3.05, 3.63) is 160 Å². The Labute approximate surface area is 293 Å². The molecule has 5 aromatic rings. The number of carbonyl (C=O) groups is 2. The molecule has 8 nitrogen and oxygen atoms in total. The van der Waals surface area contributed by atoms with Gasteiger partial charge in [0.25, 0.3) is 0 Å². The van der Waals surface area contributed by atoms with E-state index in [-0.39, 0.29) is 13.2 Å². The van der Waals surface area contributed by atoms with Crippen molar-refractivity contribution < 1.29 is 23.8 Å². The van der Waals surface area contributed by atoms with Gasteiger partial charge in [0.2, 0.25) is 0 Å². The summed E-state index contributed by atoms with van der Waals surface area (Å²) in [6, 6.07) is 34.7. The van der Waals surface area contributed by atoms with Crippen LogP contribution in [0, 0.1) is 6.92 Å². The van der Waals surface area contributed by atoms with Crippen molar-refractivity contribution in [2.24, 2.45) is 0 Å². The Hall–Kier alpha value is -5.89. The molecule has 0 saturated heterocycles. The van der Waals surface area contributed by atoms with Gasteiger partial charge < -0.3 is 19.5 Å². The van der Waals surface area contributed by atoms with Gasteiger partial charge in [-0.05, 0) is 74.2 Å². The lowest BCUT2D eigenvalue weighted by Gasteiger charge is -2.30. The Morgan fingerprint density at radius 2 is 1.28 bits per heavy atom. The topological polar surface area (TPSA) is 91.7 Å². The first-order valence-corrected chi connectivity index (χ1v) is 16.8. The molecular formula is C42H41N3O5. The molecule has 0 saturated carbocycles. The van der Waals surface area contributed by atoms with Crippen LogP contribution in [0.2, 0.25) is 0 Å². The standard InChI is InChI=1S/C42H41N3O5/c1-5-23-48-34-21-22-35(28(2)24-34)40-36(25-45(44-40)33-19-13-8-14-20-33)39-37(41(46)49-26-31-15-9-6-10-16-31)29(3)43-30(4)38(39)42(47)50-27-32-17-11-7-12-18-32/h6-22,24-25,39,43H,5,23,26-27H2,1-4H3. The number of para-hydroxylation sites is 1. The van der Waals surface area contributed by atoms with Gasteiger partial charge in [0.15, 0.2) is 0 Å². The molecule has 2 heterocycles. The lowest BCUT2D eigenvalue weighted by molar-refractivity contribution is -0.141. The summed E-state index contributed by atoms with van der Waals surface area (Å²) in [6.07, 6.45) is 2.79. The lowest BCUT2D eigenvalue weighted by Crippen LogP contribution is -2.32. The number of benzene rings is 4. The molecule has 0 radical (unpaired) electrons. The Morgan fingerprint density at radius 1 is 0.740 bits per heavy atom. The summed E-state index contributed by atoms with van der Waals surface area (Å²) in [5.41, 5.74) is 7.42. The van der Waals surface area contributed by atoms with Crippen LogP contribution in [0.15, 0.2) is 138 Å². The van der Waals surface area contributed by atoms with E-state index in [4.69, 9.17) is 19.3 Å². The molecule has 0 fully saturated rings. The van der Waals surface area contributed by atoms with Gasteiger partial charge in [0, 0.05) is 28.7 Å². The predicted octanol–water partition coefficient (Wildman–Crippen LogP) is 8.36. The van der Waals surface area contributed by atoms with Gasteiger partial charge in [-0.2, -0.15) is 5.10 Å². The first-order chi connectivity index (χ1) is 24.3. The minimum atomic E-state index is -0.856. The van der Waals surface area contributed by atoms with Crippen LogP contribution < -0.4 is 10.1 Å². The van der Waals surface area contributed by atoms with Gasteiger partial charge >= 0.3 is 11.9 Å². The molecule has 0 bridgehead atoms. The number of hydrogen-bond donors (Lipinski definition) is 1. The Bertz CT molecular complexity index is 1950. The van der Waals surface area contributed by atoms with Gasteiger partial charge in [0.1, 0.15) is 19.0 Å². The second-order valence-corrected chi connectivity index (χ2v) is 12.3. The number of aryl methyl sites for hydroxylation is 1. The third kappa shape index (κ3) is 7.55. The summed E-state index contributed by atoms with van der Waals surface area (Å²) in [4.78, 5) is 28.4. The fourth-order valence-corrected chi connectivity index (χ4v) is 6.18. The van der Waals surface area contributed by atoms with Crippen LogP contribution in [0.25, 0.3) is 16.9 Å². The van der Waals surface area contributed by atoms with Crippen LogP contribution in [0.4, 0.5) is 0 Å². The number of nitrogens with one attached hydrogen (secondary N) is 1. The minimum Gasteiger partial charge on any atom is -0.494 e. The van der Waals surface area contributed by atoms with Crippen LogP contribution >= 0.6 is 0 Å². The van der Waals surface area contributed by atoms with Crippen molar-refractivity contribution in [3.8, 4) is 22.7 Å². The molecular weight excluding hydrogens is 626 g/mol. The van der Waals surface area contributed by atoms with Crippen LogP contribution in [0.3, 0.4) is 0 Å². The summed E-state index contributed by atoms with van der Waals surface area (Å²) >= 11 is 0. The predicted molar refractivity (Wildman–Crippen MR) is 193 cm³/mol. The van der Waals surface area contributed by atoms with Crippen molar-refractivity contribution >= 4 is 11.9 Å². The van der Waals surface area contributed by atoms with Gasteiger partial charge in [-0.1, -0.05) is 85.8 Å². The smallest absolute Gasteiger partial charge is 0.337 e. The number of allylic oxidation sites excluding steroid dienone is 2.